The fourth-order valence-corrected chi connectivity index (χ4v) is 6.85. The van der Waals surface area contributed by atoms with E-state index in [9.17, 15) is 29.7 Å². The molecule has 8 nitrogen and oxygen atoms in total. The second kappa shape index (κ2) is 8.58. The van der Waals surface area contributed by atoms with E-state index in [4.69, 9.17) is 0 Å². The van der Waals surface area contributed by atoms with Crippen molar-refractivity contribution in [2.24, 2.45) is 0 Å². The van der Waals surface area contributed by atoms with E-state index in [1.54, 1.807) is 31.2 Å². The molecule has 0 radical (unpaired) electrons. The van der Waals surface area contributed by atoms with E-state index in [2.05, 4.69) is 12.1 Å². The number of carbonyl (C=O) groups is 4. The molecule has 0 N–H and O–H groups in total. The van der Waals surface area contributed by atoms with Gasteiger partial charge in [0.15, 0.2) is 0 Å². The molecule has 7 rings (SSSR count). The molecule has 42 heavy (non-hydrogen) atoms. The van der Waals surface area contributed by atoms with Crippen LogP contribution in [0.1, 0.15) is 93.1 Å². The Labute approximate surface area is 240 Å². The standard InChI is InChI=1S/C34H24N4O4/c1-5-15(3)37-31(39)21-9-7-19-25-17(13-35)11-23-29-24(34(42)38(33(23)41)16(4)6-2)12-18(14-36)26(30(25)29)20-8-10-22(32(37)40)28(21)27(19)20/h7-12,15-16H,5-6H2,1-4H3. The van der Waals surface area contributed by atoms with Crippen LogP contribution >= 0.6 is 0 Å². The number of nitriles is 2. The lowest BCUT2D eigenvalue weighted by atomic mass is 9.79. The Morgan fingerprint density at radius 2 is 0.952 bits per heavy atom. The van der Waals surface area contributed by atoms with Gasteiger partial charge in [0.25, 0.3) is 23.6 Å². The summed E-state index contributed by atoms with van der Waals surface area (Å²) in [6.45, 7) is 7.43. The molecular formula is C34H24N4O4. The quantitative estimate of drug-likeness (QED) is 0.147. The summed E-state index contributed by atoms with van der Waals surface area (Å²) in [6, 6.07) is 13.8. The van der Waals surface area contributed by atoms with Crippen LogP contribution in [0.5, 0.6) is 0 Å². The van der Waals surface area contributed by atoms with E-state index in [0.717, 1.165) is 0 Å². The van der Waals surface area contributed by atoms with Gasteiger partial charge in [0.2, 0.25) is 0 Å². The van der Waals surface area contributed by atoms with Gasteiger partial charge in [-0.25, -0.2) is 0 Å². The number of nitrogens with zero attached hydrogens (tertiary/aromatic N) is 4. The van der Waals surface area contributed by atoms with Gasteiger partial charge in [0.1, 0.15) is 0 Å². The minimum absolute atomic E-state index is 0.215. The topological polar surface area (TPSA) is 122 Å². The number of fused-ring (bicyclic) bond motifs is 2. The zero-order chi connectivity index (χ0) is 29.8. The molecule has 4 amide bonds. The first kappa shape index (κ1) is 25.6. The normalized spacial score (nSPS) is 16.1. The summed E-state index contributed by atoms with van der Waals surface area (Å²) in [6.07, 6.45) is 1.16. The fraction of sp³-hybridized carbons (Fsp3) is 0.235. The van der Waals surface area contributed by atoms with Gasteiger partial charge in [0, 0.05) is 50.1 Å². The van der Waals surface area contributed by atoms with Gasteiger partial charge in [0.05, 0.1) is 34.4 Å². The Balaban J connectivity index is 1.71. The van der Waals surface area contributed by atoms with Crippen molar-refractivity contribution in [3.05, 3.63) is 69.8 Å². The van der Waals surface area contributed by atoms with Crippen LogP contribution in [0.15, 0.2) is 36.4 Å². The number of rotatable bonds is 4. The number of carbonyl (C=O) groups excluding carboxylic acids is 4. The third-order valence-corrected chi connectivity index (χ3v) is 9.20. The zero-order valence-electron chi connectivity index (χ0n) is 23.5. The van der Waals surface area contributed by atoms with Crippen molar-refractivity contribution in [1.29, 1.82) is 10.5 Å². The molecule has 0 spiro atoms. The van der Waals surface area contributed by atoms with Crippen LogP contribution in [0.25, 0.3) is 43.1 Å². The Morgan fingerprint density at radius 3 is 1.33 bits per heavy atom. The van der Waals surface area contributed by atoms with Gasteiger partial charge < -0.3 is 0 Å². The van der Waals surface area contributed by atoms with Crippen LogP contribution in [-0.2, 0) is 0 Å². The summed E-state index contributed by atoms with van der Waals surface area (Å²) in [4.78, 5) is 57.4. The summed E-state index contributed by atoms with van der Waals surface area (Å²) >= 11 is 0. The van der Waals surface area contributed by atoms with Crippen molar-refractivity contribution in [3.8, 4) is 12.1 Å². The van der Waals surface area contributed by atoms with Crippen LogP contribution in [0, 0.1) is 22.7 Å². The molecule has 2 heterocycles. The summed E-state index contributed by atoms with van der Waals surface area (Å²) in [5.74, 6) is -1.72. The van der Waals surface area contributed by atoms with E-state index in [1.165, 1.54) is 21.9 Å². The van der Waals surface area contributed by atoms with Gasteiger partial charge in [-0.3, -0.25) is 29.0 Å². The summed E-state index contributed by atoms with van der Waals surface area (Å²) in [7, 11) is 0. The highest BCUT2D eigenvalue weighted by Crippen LogP contribution is 2.48. The first-order valence-electron chi connectivity index (χ1n) is 14.0. The van der Waals surface area contributed by atoms with Gasteiger partial charge >= 0.3 is 0 Å². The molecule has 2 unspecified atom stereocenters. The molecule has 2 aliphatic rings. The maximum Gasteiger partial charge on any atom is 0.261 e. The molecule has 2 aliphatic heterocycles. The van der Waals surface area contributed by atoms with Gasteiger partial charge in [-0.05, 0) is 67.1 Å². The zero-order valence-corrected chi connectivity index (χ0v) is 23.5. The lowest BCUT2D eigenvalue weighted by Crippen LogP contribution is -2.45. The number of imide groups is 2. The lowest BCUT2D eigenvalue weighted by Gasteiger charge is -2.33. The van der Waals surface area contributed by atoms with Crippen LogP contribution in [0.3, 0.4) is 0 Å². The minimum Gasteiger partial charge on any atom is -0.272 e. The number of hydrogen-bond acceptors (Lipinski definition) is 6. The molecule has 5 aromatic carbocycles. The fourth-order valence-electron chi connectivity index (χ4n) is 6.85. The van der Waals surface area contributed by atoms with Crippen LogP contribution in [0.4, 0.5) is 0 Å². The molecule has 2 atom stereocenters. The smallest absolute Gasteiger partial charge is 0.261 e. The molecule has 8 heteroatoms. The van der Waals surface area contributed by atoms with E-state index in [-0.39, 0.29) is 46.2 Å². The van der Waals surface area contributed by atoms with Gasteiger partial charge in [-0.15, -0.1) is 0 Å². The van der Waals surface area contributed by atoms with E-state index >= 15 is 0 Å². The molecule has 0 saturated heterocycles. The van der Waals surface area contributed by atoms with Gasteiger partial charge in [-0.1, -0.05) is 26.0 Å². The van der Waals surface area contributed by atoms with Crippen LogP contribution in [0.2, 0.25) is 0 Å². The molecule has 0 aromatic heterocycles. The first-order valence-corrected chi connectivity index (χ1v) is 14.0. The Bertz CT molecular complexity index is 2080. The number of benzene rings is 5. The molecule has 0 aliphatic carbocycles. The maximum atomic E-state index is 13.8. The maximum absolute atomic E-state index is 13.8. The summed E-state index contributed by atoms with van der Waals surface area (Å²) < 4.78 is 0. The summed E-state index contributed by atoms with van der Waals surface area (Å²) in [5.41, 5.74) is 1.68. The number of amides is 4. The van der Waals surface area contributed by atoms with Crippen molar-refractivity contribution < 1.29 is 19.2 Å². The number of hydrogen-bond donors (Lipinski definition) is 0. The largest absolute Gasteiger partial charge is 0.272 e. The predicted molar refractivity (Wildman–Crippen MR) is 158 cm³/mol. The second-order valence-corrected chi connectivity index (χ2v) is 11.2. The average molecular weight is 553 g/mol. The van der Waals surface area contributed by atoms with Crippen molar-refractivity contribution in [1.82, 2.24) is 9.80 Å². The summed E-state index contributed by atoms with van der Waals surface area (Å²) in [5, 5.41) is 25.0. The minimum atomic E-state index is -0.474. The van der Waals surface area contributed by atoms with E-state index in [1.807, 2.05) is 20.8 Å². The van der Waals surface area contributed by atoms with Crippen molar-refractivity contribution in [2.45, 2.75) is 52.6 Å². The van der Waals surface area contributed by atoms with Gasteiger partial charge in [-0.2, -0.15) is 10.5 Å². The monoisotopic (exact) mass is 552 g/mol. The molecule has 0 saturated carbocycles. The molecule has 5 aromatic rings. The first-order chi connectivity index (χ1) is 20.2. The third kappa shape index (κ3) is 2.89. The van der Waals surface area contributed by atoms with E-state index < -0.39 is 11.8 Å². The molecule has 0 fully saturated rings. The highest BCUT2D eigenvalue weighted by Gasteiger charge is 2.40. The highest BCUT2D eigenvalue weighted by atomic mass is 16.2. The molecule has 204 valence electrons. The predicted octanol–water partition coefficient (Wildman–Crippen LogP) is 6.27. The average Bonchev–Trinajstić information content (AvgIpc) is 3.00. The molecule has 0 bridgehead atoms. The Hall–Kier alpha value is -5.34. The second-order valence-electron chi connectivity index (χ2n) is 11.2. The van der Waals surface area contributed by atoms with Crippen molar-refractivity contribution >= 4 is 66.7 Å². The SMILES string of the molecule is CCC(C)N1C(=O)c2ccc3c4c(C#N)cc5c6c(cc(C#N)c(c7ccc(c2c37)C1=O)c64)C(=O)N(C(C)CC)C5=O. The van der Waals surface area contributed by atoms with Crippen LogP contribution in [-0.4, -0.2) is 45.5 Å². The van der Waals surface area contributed by atoms with Crippen LogP contribution < -0.4 is 0 Å². The molecular weight excluding hydrogens is 528 g/mol. The highest BCUT2D eigenvalue weighted by molar-refractivity contribution is 6.42. The van der Waals surface area contributed by atoms with Crippen molar-refractivity contribution in [3.63, 3.8) is 0 Å². The van der Waals surface area contributed by atoms with E-state index in [0.29, 0.717) is 67.1 Å². The Morgan fingerprint density at radius 1 is 0.571 bits per heavy atom. The van der Waals surface area contributed by atoms with Crippen molar-refractivity contribution in [2.75, 3.05) is 0 Å². The third-order valence-electron chi connectivity index (χ3n) is 9.20. The lowest BCUT2D eigenvalue weighted by molar-refractivity contribution is 0.0532. The Kier molecular flexibility index (Phi) is 5.23.